The zero-order valence-electron chi connectivity index (χ0n) is 17.2. The van der Waals surface area contributed by atoms with Gasteiger partial charge < -0.3 is 10.1 Å². The summed E-state index contributed by atoms with van der Waals surface area (Å²) in [5.74, 6) is -1.63. The van der Waals surface area contributed by atoms with Crippen molar-refractivity contribution in [2.45, 2.75) is 20.5 Å². The van der Waals surface area contributed by atoms with Crippen LogP contribution in [0.3, 0.4) is 0 Å². The molecule has 0 fully saturated rings. The highest BCUT2D eigenvalue weighted by Gasteiger charge is 2.37. The minimum Gasteiger partial charge on any atom is -0.435 e. The van der Waals surface area contributed by atoms with Crippen molar-refractivity contribution in [1.29, 1.82) is 0 Å². The van der Waals surface area contributed by atoms with Crippen LogP contribution in [0.25, 0.3) is 0 Å². The number of ether oxygens (including phenoxy) is 1. The Hall–Kier alpha value is -4.07. The normalized spacial score (nSPS) is 12.8. The van der Waals surface area contributed by atoms with Crippen molar-refractivity contribution in [1.82, 2.24) is 0 Å². The lowest BCUT2D eigenvalue weighted by Gasteiger charge is -2.17. The second-order valence-corrected chi connectivity index (χ2v) is 7.36. The molecular weight excluding hydrogens is 418 g/mol. The standard InChI is InChI=1S/C24H18F2N2O4/c1-13-6-7-14(2)20(10-13)28-22(30)18-9-8-15(11-19(18)23(28)31)21(29)27-16-4-3-5-17(12-16)32-24(25)26/h3-12,24H,1-2H3,(H,27,29). The van der Waals surface area contributed by atoms with Crippen molar-refractivity contribution in [3.05, 3.63) is 88.5 Å². The Bertz CT molecular complexity index is 1260. The van der Waals surface area contributed by atoms with Gasteiger partial charge in [-0.2, -0.15) is 8.78 Å². The van der Waals surface area contributed by atoms with Crippen LogP contribution in [0.4, 0.5) is 20.2 Å². The molecule has 0 atom stereocenters. The number of halogens is 2. The third-order valence-corrected chi connectivity index (χ3v) is 5.07. The van der Waals surface area contributed by atoms with Crippen LogP contribution in [0.15, 0.2) is 60.7 Å². The van der Waals surface area contributed by atoms with Gasteiger partial charge >= 0.3 is 6.61 Å². The first kappa shape index (κ1) is 21.2. The molecule has 32 heavy (non-hydrogen) atoms. The molecule has 1 aliphatic heterocycles. The van der Waals surface area contributed by atoms with Gasteiger partial charge in [0.25, 0.3) is 17.7 Å². The summed E-state index contributed by atoms with van der Waals surface area (Å²) in [6.07, 6.45) is 0. The summed E-state index contributed by atoms with van der Waals surface area (Å²) in [5, 5.41) is 2.57. The van der Waals surface area contributed by atoms with E-state index in [0.717, 1.165) is 16.0 Å². The number of fused-ring (bicyclic) bond motifs is 1. The quantitative estimate of drug-likeness (QED) is 0.574. The van der Waals surface area contributed by atoms with Crippen LogP contribution < -0.4 is 15.0 Å². The SMILES string of the molecule is Cc1ccc(C)c(N2C(=O)c3ccc(C(=O)Nc4cccc(OC(F)F)c4)cc3C2=O)c1. The van der Waals surface area contributed by atoms with E-state index < -0.39 is 24.3 Å². The van der Waals surface area contributed by atoms with Gasteiger partial charge in [-0.05, 0) is 61.4 Å². The molecule has 0 aromatic heterocycles. The average Bonchev–Trinajstić information content (AvgIpc) is 2.99. The van der Waals surface area contributed by atoms with E-state index in [1.54, 1.807) is 6.07 Å². The lowest BCUT2D eigenvalue weighted by molar-refractivity contribution is -0.0498. The Labute approximate surface area is 182 Å². The summed E-state index contributed by atoms with van der Waals surface area (Å²) < 4.78 is 29.1. The van der Waals surface area contributed by atoms with Crippen LogP contribution in [-0.4, -0.2) is 24.3 Å². The number of anilines is 2. The summed E-state index contributed by atoms with van der Waals surface area (Å²) in [4.78, 5) is 39.7. The van der Waals surface area contributed by atoms with Crippen molar-refractivity contribution in [2.75, 3.05) is 10.2 Å². The third-order valence-electron chi connectivity index (χ3n) is 5.07. The molecule has 0 saturated carbocycles. The number of nitrogens with zero attached hydrogens (tertiary/aromatic N) is 1. The number of hydrogen-bond donors (Lipinski definition) is 1. The fourth-order valence-electron chi connectivity index (χ4n) is 3.51. The molecule has 3 aromatic rings. The topological polar surface area (TPSA) is 75.7 Å². The highest BCUT2D eigenvalue weighted by molar-refractivity contribution is 6.35. The maximum atomic E-state index is 13.0. The van der Waals surface area contributed by atoms with Crippen molar-refractivity contribution < 1.29 is 27.9 Å². The number of alkyl halides is 2. The molecule has 3 amide bonds. The minimum absolute atomic E-state index is 0.100. The van der Waals surface area contributed by atoms with Crippen molar-refractivity contribution in [3.8, 4) is 5.75 Å². The number of carbonyl (C=O) groups excluding carboxylic acids is 3. The highest BCUT2D eigenvalue weighted by Crippen LogP contribution is 2.32. The van der Waals surface area contributed by atoms with Crippen molar-refractivity contribution in [3.63, 3.8) is 0 Å². The van der Waals surface area contributed by atoms with Crippen LogP contribution >= 0.6 is 0 Å². The van der Waals surface area contributed by atoms with Gasteiger partial charge in [0.15, 0.2) is 0 Å². The summed E-state index contributed by atoms with van der Waals surface area (Å²) in [6.45, 7) is 0.690. The van der Waals surface area contributed by atoms with E-state index in [1.807, 2.05) is 26.0 Å². The number of nitrogens with one attached hydrogen (secondary N) is 1. The molecular formula is C24H18F2N2O4. The largest absolute Gasteiger partial charge is 0.435 e. The maximum Gasteiger partial charge on any atom is 0.387 e. The molecule has 1 N–H and O–H groups in total. The van der Waals surface area contributed by atoms with Gasteiger partial charge in [-0.15, -0.1) is 0 Å². The molecule has 0 radical (unpaired) electrons. The number of rotatable bonds is 5. The van der Waals surface area contributed by atoms with E-state index >= 15 is 0 Å². The summed E-state index contributed by atoms with van der Waals surface area (Å²) in [7, 11) is 0. The van der Waals surface area contributed by atoms with Crippen LogP contribution in [0.1, 0.15) is 42.2 Å². The van der Waals surface area contributed by atoms with E-state index in [-0.39, 0.29) is 28.1 Å². The molecule has 4 rings (SSSR count). The van der Waals surface area contributed by atoms with Gasteiger partial charge in [-0.25, -0.2) is 4.90 Å². The smallest absolute Gasteiger partial charge is 0.387 e. The second-order valence-electron chi connectivity index (χ2n) is 7.36. The molecule has 3 aromatic carbocycles. The molecule has 1 aliphatic rings. The predicted molar refractivity (Wildman–Crippen MR) is 115 cm³/mol. The van der Waals surface area contributed by atoms with Gasteiger partial charge in [0.05, 0.1) is 16.8 Å². The Morgan fingerprint density at radius 2 is 1.69 bits per heavy atom. The molecule has 0 saturated heterocycles. The fraction of sp³-hybridized carbons (Fsp3) is 0.125. The first-order valence-corrected chi connectivity index (χ1v) is 9.71. The van der Waals surface area contributed by atoms with E-state index in [4.69, 9.17) is 0 Å². The first-order chi connectivity index (χ1) is 15.2. The summed E-state index contributed by atoms with van der Waals surface area (Å²) in [6, 6.07) is 15.3. The number of carbonyl (C=O) groups is 3. The Morgan fingerprint density at radius 1 is 0.938 bits per heavy atom. The molecule has 1 heterocycles. The summed E-state index contributed by atoms with van der Waals surface area (Å²) >= 11 is 0. The molecule has 8 heteroatoms. The van der Waals surface area contributed by atoms with Gasteiger partial charge in [0, 0.05) is 17.3 Å². The Kier molecular flexibility index (Phi) is 5.44. The maximum absolute atomic E-state index is 13.0. The van der Waals surface area contributed by atoms with E-state index in [1.165, 1.54) is 42.5 Å². The second kappa shape index (κ2) is 8.22. The molecule has 0 unspecified atom stereocenters. The number of imide groups is 1. The third kappa shape index (κ3) is 3.94. The van der Waals surface area contributed by atoms with E-state index in [9.17, 15) is 23.2 Å². The molecule has 0 spiro atoms. The lowest BCUT2D eigenvalue weighted by atomic mass is 10.1. The highest BCUT2D eigenvalue weighted by atomic mass is 19.3. The minimum atomic E-state index is -2.99. The zero-order valence-corrected chi connectivity index (χ0v) is 17.2. The van der Waals surface area contributed by atoms with Gasteiger partial charge in [-0.1, -0.05) is 18.2 Å². The van der Waals surface area contributed by atoms with Gasteiger partial charge in [-0.3, -0.25) is 14.4 Å². The zero-order chi connectivity index (χ0) is 23.0. The Morgan fingerprint density at radius 3 is 2.44 bits per heavy atom. The van der Waals surface area contributed by atoms with E-state index in [0.29, 0.717) is 5.69 Å². The van der Waals surface area contributed by atoms with Crippen molar-refractivity contribution >= 4 is 29.1 Å². The fourth-order valence-corrected chi connectivity index (χ4v) is 3.51. The lowest BCUT2D eigenvalue weighted by Crippen LogP contribution is -2.30. The molecule has 162 valence electrons. The summed E-state index contributed by atoms with van der Waals surface area (Å²) in [5.41, 5.74) is 2.89. The van der Waals surface area contributed by atoms with Gasteiger partial charge in [0.1, 0.15) is 5.75 Å². The first-order valence-electron chi connectivity index (χ1n) is 9.71. The number of amides is 3. The number of aryl methyl sites for hydroxylation is 2. The predicted octanol–water partition coefficient (Wildman–Crippen LogP) is 4.96. The number of hydrogen-bond acceptors (Lipinski definition) is 4. The van der Waals surface area contributed by atoms with Crippen LogP contribution in [0, 0.1) is 13.8 Å². The average molecular weight is 436 g/mol. The van der Waals surface area contributed by atoms with E-state index in [2.05, 4.69) is 10.1 Å². The molecule has 0 bridgehead atoms. The van der Waals surface area contributed by atoms with Crippen LogP contribution in [-0.2, 0) is 0 Å². The monoisotopic (exact) mass is 436 g/mol. The van der Waals surface area contributed by atoms with Crippen molar-refractivity contribution in [2.24, 2.45) is 0 Å². The molecule has 6 nitrogen and oxygen atoms in total. The number of benzene rings is 3. The Balaban J connectivity index is 1.60. The van der Waals surface area contributed by atoms with Crippen LogP contribution in [0.5, 0.6) is 5.75 Å². The van der Waals surface area contributed by atoms with Gasteiger partial charge in [0.2, 0.25) is 0 Å². The van der Waals surface area contributed by atoms with Crippen LogP contribution in [0.2, 0.25) is 0 Å². The molecule has 0 aliphatic carbocycles.